The van der Waals surface area contributed by atoms with Gasteiger partial charge in [0, 0.05) is 50.9 Å². The zero-order valence-corrected chi connectivity index (χ0v) is 24.2. The van der Waals surface area contributed by atoms with Crippen LogP contribution in [0.5, 0.6) is 11.5 Å². The second kappa shape index (κ2) is 12.6. The highest BCUT2D eigenvalue weighted by Gasteiger charge is 2.40. The number of nitrogens with zero attached hydrogens (tertiary/aromatic N) is 4. The molecule has 4 aliphatic heterocycles. The predicted octanol–water partition coefficient (Wildman–Crippen LogP) is 4.60. The number of carbonyl (C=O) groups is 2. The summed E-state index contributed by atoms with van der Waals surface area (Å²) in [4.78, 5) is 39.2. The van der Waals surface area contributed by atoms with Crippen LogP contribution in [-0.4, -0.2) is 98.9 Å². The molecule has 2 saturated heterocycles. The van der Waals surface area contributed by atoms with Gasteiger partial charge in [0.2, 0.25) is 0 Å². The van der Waals surface area contributed by atoms with Crippen LogP contribution < -0.4 is 9.47 Å². The van der Waals surface area contributed by atoms with E-state index in [9.17, 15) is 9.59 Å². The number of rotatable bonds is 11. The van der Waals surface area contributed by atoms with Crippen molar-refractivity contribution < 1.29 is 28.5 Å². The standard InChI is InChI=1S/C32H38N4O6/c1-39-21-7-9-23-25(17-21)33-19-27-29(11-13-35(27)31(23)37)41-15-5-3-4-6-16-42-30-12-14-36-28(30)20-34-26-18-22(40-2)8-10-24(26)32(36)38/h7-10,17-20,27-30H,3-6,11-16H2,1-2H3/t27-,28-,29?,30?/m0/s1. The van der Waals surface area contributed by atoms with E-state index in [0.717, 1.165) is 38.5 Å². The number of amides is 2. The average Bonchev–Trinajstić information content (AvgIpc) is 3.55. The minimum atomic E-state index is -0.149. The summed E-state index contributed by atoms with van der Waals surface area (Å²) in [6.45, 7) is 2.64. The van der Waals surface area contributed by atoms with Gasteiger partial charge < -0.3 is 28.7 Å². The maximum absolute atomic E-state index is 13.1. The van der Waals surface area contributed by atoms with Crippen LogP contribution >= 0.6 is 0 Å². The summed E-state index contributed by atoms with van der Waals surface area (Å²) in [6, 6.07) is 10.5. The van der Waals surface area contributed by atoms with Crippen molar-refractivity contribution in [2.75, 3.05) is 40.5 Å². The van der Waals surface area contributed by atoms with E-state index >= 15 is 0 Å². The van der Waals surface area contributed by atoms with E-state index in [-0.39, 0.29) is 36.1 Å². The van der Waals surface area contributed by atoms with Crippen LogP contribution in [0.15, 0.2) is 46.4 Å². The Morgan fingerprint density at radius 3 is 1.57 bits per heavy atom. The van der Waals surface area contributed by atoms with Gasteiger partial charge in [-0.1, -0.05) is 12.8 Å². The molecule has 0 spiro atoms. The molecule has 0 saturated carbocycles. The van der Waals surface area contributed by atoms with Crippen LogP contribution in [0.4, 0.5) is 11.4 Å². The maximum Gasteiger partial charge on any atom is 0.256 e. The first-order valence-corrected chi connectivity index (χ1v) is 14.9. The molecule has 6 rings (SSSR count). The number of carbonyl (C=O) groups excluding carboxylic acids is 2. The number of benzene rings is 2. The van der Waals surface area contributed by atoms with Crippen molar-refractivity contribution in [3.63, 3.8) is 0 Å². The van der Waals surface area contributed by atoms with Crippen LogP contribution in [0.25, 0.3) is 0 Å². The molecule has 4 heterocycles. The SMILES string of the molecule is COc1ccc2c(c1)N=C[C@H]1C(OCCCCCCOC3CCN4C(=O)c5ccc(OC)cc5N=C[C@@H]34)CCN1C2=O. The average molecular weight is 575 g/mol. The van der Waals surface area contributed by atoms with Gasteiger partial charge in [-0.3, -0.25) is 19.6 Å². The molecule has 0 N–H and O–H groups in total. The molecule has 42 heavy (non-hydrogen) atoms. The molecule has 222 valence electrons. The fraction of sp³-hybridized carbons (Fsp3) is 0.500. The molecular weight excluding hydrogens is 536 g/mol. The Balaban J connectivity index is 0.910. The van der Waals surface area contributed by atoms with E-state index in [1.54, 1.807) is 50.6 Å². The van der Waals surface area contributed by atoms with E-state index in [2.05, 4.69) is 9.98 Å². The molecule has 0 radical (unpaired) electrons. The van der Waals surface area contributed by atoms with Crippen molar-refractivity contribution in [1.82, 2.24) is 9.80 Å². The fourth-order valence-electron chi connectivity index (χ4n) is 6.27. The first kappa shape index (κ1) is 28.4. The predicted molar refractivity (Wildman–Crippen MR) is 159 cm³/mol. The third-order valence-electron chi connectivity index (χ3n) is 8.62. The Morgan fingerprint density at radius 2 is 1.14 bits per heavy atom. The molecule has 0 aliphatic carbocycles. The van der Waals surface area contributed by atoms with Gasteiger partial charge in [-0.05, 0) is 49.9 Å². The van der Waals surface area contributed by atoms with Crippen molar-refractivity contribution in [1.29, 1.82) is 0 Å². The second-order valence-corrected chi connectivity index (χ2v) is 11.1. The van der Waals surface area contributed by atoms with Crippen LogP contribution in [0.1, 0.15) is 59.2 Å². The highest BCUT2D eigenvalue weighted by molar-refractivity contribution is 6.04. The molecule has 2 fully saturated rings. The minimum Gasteiger partial charge on any atom is -0.497 e. The summed E-state index contributed by atoms with van der Waals surface area (Å²) >= 11 is 0. The lowest BCUT2D eigenvalue weighted by atomic mass is 10.1. The number of hydrogen-bond donors (Lipinski definition) is 0. The Kier molecular flexibility index (Phi) is 8.53. The monoisotopic (exact) mass is 574 g/mol. The number of hydrogen-bond acceptors (Lipinski definition) is 8. The molecule has 0 aromatic heterocycles. The van der Waals surface area contributed by atoms with Gasteiger partial charge in [-0.15, -0.1) is 0 Å². The number of aliphatic imine (C=N–C) groups is 2. The lowest BCUT2D eigenvalue weighted by Gasteiger charge is -2.24. The first-order valence-electron chi connectivity index (χ1n) is 14.9. The Morgan fingerprint density at radius 1 is 0.690 bits per heavy atom. The lowest BCUT2D eigenvalue weighted by Crippen LogP contribution is -2.40. The summed E-state index contributed by atoms with van der Waals surface area (Å²) < 4.78 is 23.0. The van der Waals surface area contributed by atoms with E-state index in [1.165, 1.54) is 0 Å². The number of methoxy groups -OCH3 is 2. The quantitative estimate of drug-likeness (QED) is 0.364. The van der Waals surface area contributed by atoms with Crippen LogP contribution in [-0.2, 0) is 9.47 Å². The molecule has 2 amide bonds. The van der Waals surface area contributed by atoms with Crippen molar-refractivity contribution in [3.05, 3.63) is 47.5 Å². The van der Waals surface area contributed by atoms with Crippen molar-refractivity contribution in [2.45, 2.75) is 62.8 Å². The van der Waals surface area contributed by atoms with E-state index in [4.69, 9.17) is 18.9 Å². The Hall–Kier alpha value is -3.76. The molecule has 2 unspecified atom stereocenters. The number of fused-ring (bicyclic) bond motifs is 4. The summed E-state index contributed by atoms with van der Waals surface area (Å²) in [5.41, 5.74) is 2.49. The van der Waals surface area contributed by atoms with Crippen molar-refractivity contribution >= 4 is 35.6 Å². The molecule has 10 nitrogen and oxygen atoms in total. The molecule has 0 bridgehead atoms. The molecule has 4 aliphatic rings. The van der Waals surface area contributed by atoms with Gasteiger partial charge in [0.05, 0.1) is 61.0 Å². The third-order valence-corrected chi connectivity index (χ3v) is 8.62. The lowest BCUT2D eigenvalue weighted by molar-refractivity contribution is 0.0359. The van der Waals surface area contributed by atoms with Gasteiger partial charge in [0.15, 0.2) is 0 Å². The summed E-state index contributed by atoms with van der Waals surface area (Å²) in [5, 5.41) is 0. The summed E-state index contributed by atoms with van der Waals surface area (Å²) in [6.07, 6.45) is 9.23. The topological polar surface area (TPSA) is 102 Å². The molecule has 4 atom stereocenters. The molecule has 2 aromatic rings. The Bertz CT molecular complexity index is 1270. The van der Waals surface area contributed by atoms with Gasteiger partial charge in [0.25, 0.3) is 11.8 Å². The third kappa shape index (κ3) is 5.65. The fourth-order valence-corrected chi connectivity index (χ4v) is 6.27. The normalized spacial score (nSPS) is 24.1. The van der Waals surface area contributed by atoms with Crippen molar-refractivity contribution in [3.8, 4) is 11.5 Å². The zero-order valence-electron chi connectivity index (χ0n) is 24.2. The zero-order chi connectivity index (χ0) is 29.1. The molecular formula is C32H38N4O6. The van der Waals surface area contributed by atoms with Crippen molar-refractivity contribution in [2.24, 2.45) is 9.98 Å². The van der Waals surface area contributed by atoms with E-state index in [0.29, 0.717) is 60.3 Å². The number of unbranched alkanes of at least 4 members (excludes halogenated alkanes) is 3. The maximum atomic E-state index is 13.1. The second-order valence-electron chi connectivity index (χ2n) is 11.1. The minimum absolute atomic E-state index is 0.00380. The molecule has 2 aromatic carbocycles. The summed E-state index contributed by atoms with van der Waals surface area (Å²) in [5.74, 6) is 1.36. The first-order chi connectivity index (χ1) is 20.6. The van der Waals surface area contributed by atoms with E-state index in [1.807, 2.05) is 22.2 Å². The van der Waals surface area contributed by atoms with Crippen LogP contribution in [0.2, 0.25) is 0 Å². The highest BCUT2D eigenvalue weighted by atomic mass is 16.5. The Labute approximate surface area is 246 Å². The summed E-state index contributed by atoms with van der Waals surface area (Å²) in [7, 11) is 3.21. The van der Waals surface area contributed by atoms with Gasteiger partial charge in [-0.2, -0.15) is 0 Å². The van der Waals surface area contributed by atoms with Crippen LogP contribution in [0, 0.1) is 0 Å². The van der Waals surface area contributed by atoms with Crippen LogP contribution in [0.3, 0.4) is 0 Å². The highest BCUT2D eigenvalue weighted by Crippen LogP contribution is 2.34. The smallest absolute Gasteiger partial charge is 0.256 e. The van der Waals surface area contributed by atoms with Gasteiger partial charge in [0.1, 0.15) is 11.5 Å². The number of ether oxygens (including phenoxy) is 4. The molecule has 10 heteroatoms. The van der Waals surface area contributed by atoms with Gasteiger partial charge in [-0.25, -0.2) is 0 Å². The van der Waals surface area contributed by atoms with E-state index < -0.39 is 0 Å². The largest absolute Gasteiger partial charge is 0.497 e. The van der Waals surface area contributed by atoms with Gasteiger partial charge >= 0.3 is 0 Å².